The van der Waals surface area contributed by atoms with Crippen molar-refractivity contribution in [2.24, 2.45) is 0 Å². The smallest absolute Gasteiger partial charge is 0.339 e. The summed E-state index contributed by atoms with van der Waals surface area (Å²) in [5, 5.41) is 17.9. The van der Waals surface area contributed by atoms with Gasteiger partial charge in [0.15, 0.2) is 0 Å². The second-order valence-electron chi connectivity index (χ2n) is 5.42. The molecule has 0 unspecified atom stereocenters. The lowest BCUT2D eigenvalue weighted by Gasteiger charge is -2.06. The first kappa shape index (κ1) is 17.7. The van der Waals surface area contributed by atoms with E-state index >= 15 is 0 Å². The van der Waals surface area contributed by atoms with Crippen LogP contribution in [-0.2, 0) is 9.84 Å². The first-order valence-corrected chi connectivity index (χ1v) is 9.42. The molecule has 3 rings (SSSR count). The Bertz CT molecular complexity index is 969. The van der Waals surface area contributed by atoms with Crippen LogP contribution in [0.15, 0.2) is 64.3 Å². The molecule has 1 N–H and O–H groups in total. The molecule has 0 fully saturated rings. The summed E-state index contributed by atoms with van der Waals surface area (Å²) >= 11 is 0. The first-order valence-electron chi connectivity index (χ1n) is 7.77. The van der Waals surface area contributed by atoms with E-state index < -0.39 is 9.84 Å². The lowest BCUT2D eigenvalue weighted by atomic mass is 10.2. The number of nitrogens with one attached hydrogen (secondary N) is 1. The van der Waals surface area contributed by atoms with Gasteiger partial charge in [-0.1, -0.05) is 30.3 Å². The van der Waals surface area contributed by atoms with Gasteiger partial charge in [-0.2, -0.15) is 0 Å². The maximum Gasteiger partial charge on any atom is 0.339 e. The Hall–Kier alpha value is -3.07. The fraction of sp³-hybridized carbons (Fsp3) is 0.176. The summed E-state index contributed by atoms with van der Waals surface area (Å²) in [5.74, 6) is 0.462. The van der Waals surface area contributed by atoms with Crippen LogP contribution in [0.4, 0.5) is 5.69 Å². The summed E-state index contributed by atoms with van der Waals surface area (Å²) in [6, 6.07) is 15.5. The lowest BCUT2D eigenvalue weighted by Crippen LogP contribution is -2.26. The van der Waals surface area contributed by atoms with Gasteiger partial charge in [-0.05, 0) is 29.2 Å². The monoisotopic (exact) mass is 375 g/mol. The zero-order valence-electron chi connectivity index (χ0n) is 14.0. The van der Waals surface area contributed by atoms with Crippen LogP contribution in [0.25, 0.3) is 11.3 Å². The Morgan fingerprint density at radius 3 is 2.50 bits per heavy atom. The Balaban J connectivity index is 1.74. The molecule has 2 aromatic carbocycles. The van der Waals surface area contributed by atoms with Crippen molar-refractivity contribution < 1.29 is 22.7 Å². The van der Waals surface area contributed by atoms with Gasteiger partial charge in [-0.3, -0.25) is 4.63 Å². The molecule has 136 valence electrons. The topological polar surface area (TPSA) is 108 Å². The maximum absolute atomic E-state index is 12.6. The Kier molecular flexibility index (Phi) is 5.08. The van der Waals surface area contributed by atoms with Gasteiger partial charge in [0.05, 0.1) is 18.0 Å². The molecule has 0 aliphatic heterocycles. The largest absolute Gasteiger partial charge is 0.497 e. The highest BCUT2D eigenvalue weighted by atomic mass is 32.2. The zero-order chi connectivity index (χ0) is 18.6. The van der Waals surface area contributed by atoms with Gasteiger partial charge in [0.25, 0.3) is 0 Å². The Morgan fingerprint density at radius 1 is 1.15 bits per heavy atom. The van der Waals surface area contributed by atoms with Crippen LogP contribution in [0.3, 0.4) is 0 Å². The third kappa shape index (κ3) is 3.77. The minimum atomic E-state index is -3.81. The summed E-state index contributed by atoms with van der Waals surface area (Å²) in [6.07, 6.45) is 0. The molecule has 0 radical (unpaired) electrons. The molecule has 0 atom stereocenters. The number of rotatable bonds is 7. The fourth-order valence-corrected chi connectivity index (χ4v) is 3.60. The number of ether oxygens (including phenoxy) is 1. The van der Waals surface area contributed by atoms with E-state index in [0.29, 0.717) is 11.3 Å². The molecule has 8 nitrogen and oxygen atoms in total. The Morgan fingerprint density at radius 2 is 1.85 bits per heavy atom. The van der Waals surface area contributed by atoms with E-state index in [0.717, 1.165) is 5.69 Å². The molecule has 0 saturated carbocycles. The number of sulfone groups is 1. The van der Waals surface area contributed by atoms with Gasteiger partial charge in [-0.15, -0.1) is 0 Å². The molecule has 3 aromatic rings. The zero-order valence-corrected chi connectivity index (χ0v) is 14.8. The van der Waals surface area contributed by atoms with Gasteiger partial charge in [0.1, 0.15) is 5.75 Å². The molecular weight excluding hydrogens is 358 g/mol. The molecular formula is C17H17N3O5S. The number of benzene rings is 2. The van der Waals surface area contributed by atoms with E-state index in [1.807, 2.05) is 0 Å². The van der Waals surface area contributed by atoms with Crippen LogP contribution >= 0.6 is 0 Å². The van der Waals surface area contributed by atoms with Gasteiger partial charge in [0, 0.05) is 17.8 Å². The van der Waals surface area contributed by atoms with Crippen molar-refractivity contribution in [3.8, 4) is 17.0 Å². The third-order valence-corrected chi connectivity index (χ3v) is 5.31. The number of hydrogen-bond donors (Lipinski definition) is 1. The highest BCUT2D eigenvalue weighted by molar-refractivity contribution is 7.91. The summed E-state index contributed by atoms with van der Waals surface area (Å²) < 4.78 is 34.8. The van der Waals surface area contributed by atoms with Gasteiger partial charge < -0.3 is 15.3 Å². The summed E-state index contributed by atoms with van der Waals surface area (Å²) in [7, 11) is -2.25. The van der Waals surface area contributed by atoms with E-state index in [4.69, 9.17) is 4.74 Å². The van der Waals surface area contributed by atoms with Crippen molar-refractivity contribution >= 4 is 15.5 Å². The van der Waals surface area contributed by atoms with Gasteiger partial charge in [0.2, 0.25) is 15.5 Å². The van der Waals surface area contributed by atoms with Crippen LogP contribution in [0.2, 0.25) is 0 Å². The first-order chi connectivity index (χ1) is 12.5. The highest BCUT2D eigenvalue weighted by Crippen LogP contribution is 2.23. The van der Waals surface area contributed by atoms with Crippen LogP contribution < -0.4 is 15.0 Å². The number of anilines is 1. The van der Waals surface area contributed by atoms with Crippen molar-refractivity contribution in [3.63, 3.8) is 0 Å². The third-order valence-electron chi connectivity index (χ3n) is 3.71. The highest BCUT2D eigenvalue weighted by Gasteiger charge is 2.32. The second-order valence-corrected chi connectivity index (χ2v) is 7.45. The van der Waals surface area contributed by atoms with E-state index in [1.54, 1.807) is 61.7 Å². The van der Waals surface area contributed by atoms with Crippen LogP contribution in [0.5, 0.6) is 5.75 Å². The quantitative estimate of drug-likeness (QED) is 0.628. The molecule has 9 heteroatoms. The van der Waals surface area contributed by atoms with Crippen LogP contribution in [0, 0.1) is 5.21 Å². The minimum Gasteiger partial charge on any atom is -0.497 e. The molecule has 1 heterocycles. The normalized spacial score (nSPS) is 11.3. The van der Waals surface area contributed by atoms with E-state index in [1.165, 1.54) is 0 Å². The molecule has 0 aliphatic rings. The number of nitrogens with zero attached hydrogens (tertiary/aromatic N) is 2. The van der Waals surface area contributed by atoms with E-state index in [9.17, 15) is 13.6 Å². The summed E-state index contributed by atoms with van der Waals surface area (Å²) in [6.45, 7) is 0.147. The summed E-state index contributed by atoms with van der Waals surface area (Å²) in [4.78, 5) is 0.110. The average molecular weight is 375 g/mol. The number of aromatic nitrogens is 2. The molecule has 0 aliphatic carbocycles. The van der Waals surface area contributed by atoms with Crippen molar-refractivity contribution in [1.29, 1.82) is 0 Å². The van der Waals surface area contributed by atoms with Crippen molar-refractivity contribution in [3.05, 3.63) is 59.8 Å². The Labute approximate surface area is 150 Å². The number of methoxy groups -OCH3 is 1. The standard InChI is InChI=1S/C17H17N3O5S/c1-24-15-9-7-14(8-10-15)18-11-12-26(22,23)17-16(20(21)25-19-17)13-5-3-2-4-6-13/h2-10,18H,11-12H2,1H3. The predicted molar refractivity (Wildman–Crippen MR) is 94.4 cm³/mol. The molecule has 0 spiro atoms. The molecule has 0 saturated heterocycles. The fourth-order valence-electron chi connectivity index (χ4n) is 2.40. The molecule has 0 bridgehead atoms. The van der Waals surface area contributed by atoms with Gasteiger partial charge >= 0.3 is 5.03 Å². The molecule has 26 heavy (non-hydrogen) atoms. The van der Waals surface area contributed by atoms with Crippen molar-refractivity contribution in [2.75, 3.05) is 24.7 Å². The van der Waals surface area contributed by atoms with Crippen LogP contribution in [-0.4, -0.2) is 33.0 Å². The maximum atomic E-state index is 12.6. The minimum absolute atomic E-state index is 0.110. The van der Waals surface area contributed by atoms with Crippen molar-refractivity contribution in [2.45, 2.75) is 5.03 Å². The molecule has 0 amide bonds. The SMILES string of the molecule is COc1ccc(NCCS(=O)(=O)c2no[n+]([O-])c2-c2ccccc2)cc1. The number of hydrogen-bond acceptors (Lipinski definition) is 7. The van der Waals surface area contributed by atoms with Crippen molar-refractivity contribution in [1.82, 2.24) is 5.16 Å². The van der Waals surface area contributed by atoms with E-state index in [-0.39, 0.29) is 27.9 Å². The lowest BCUT2D eigenvalue weighted by molar-refractivity contribution is -0.793. The predicted octanol–water partition coefficient (Wildman–Crippen LogP) is 1.87. The van der Waals surface area contributed by atoms with Crippen LogP contribution in [0.1, 0.15) is 0 Å². The average Bonchev–Trinajstić information content (AvgIpc) is 3.05. The van der Waals surface area contributed by atoms with E-state index in [2.05, 4.69) is 15.1 Å². The molecule has 1 aromatic heterocycles. The second kappa shape index (κ2) is 7.44. The summed E-state index contributed by atoms with van der Waals surface area (Å²) in [5.41, 5.74) is 1.06. The van der Waals surface area contributed by atoms with Gasteiger partial charge in [-0.25, -0.2) is 8.42 Å².